The number of nitrogens with two attached hydrogens (primary N) is 1. The summed E-state index contributed by atoms with van der Waals surface area (Å²) in [6.07, 6.45) is 2.61. The van der Waals surface area contributed by atoms with Crippen LogP contribution in [0.4, 0.5) is 17.3 Å². The molecule has 0 radical (unpaired) electrons. The van der Waals surface area contributed by atoms with Gasteiger partial charge < -0.3 is 19.7 Å². The maximum atomic E-state index is 9.71. The number of nitrogens with one attached hydrogen (secondary N) is 1. The Morgan fingerprint density at radius 2 is 1.94 bits per heavy atom. The Hall–Kier alpha value is -3.36. The summed E-state index contributed by atoms with van der Waals surface area (Å²) in [6, 6.07) is 17.9. The summed E-state index contributed by atoms with van der Waals surface area (Å²) >= 11 is 1.23. The highest BCUT2D eigenvalue weighted by atomic mass is 32.2. The second-order valence-electron chi connectivity index (χ2n) is 8.38. The third-order valence-corrected chi connectivity index (χ3v) is 6.73. The van der Waals surface area contributed by atoms with Gasteiger partial charge in [0.15, 0.2) is 0 Å². The van der Waals surface area contributed by atoms with Crippen LogP contribution in [0, 0.1) is 11.3 Å². The van der Waals surface area contributed by atoms with E-state index in [4.69, 9.17) is 14.6 Å². The first kappa shape index (κ1) is 23.4. The minimum Gasteiger partial charge on any atom is -0.488 e. The van der Waals surface area contributed by atoms with Crippen molar-refractivity contribution in [2.75, 3.05) is 49.6 Å². The van der Waals surface area contributed by atoms with Gasteiger partial charge in [0.05, 0.1) is 24.5 Å². The maximum absolute atomic E-state index is 9.71. The molecular formula is C25H27N7O2S. The van der Waals surface area contributed by atoms with Gasteiger partial charge in [-0.05, 0) is 55.0 Å². The predicted octanol–water partition coefficient (Wildman–Crippen LogP) is 3.57. The zero-order valence-electron chi connectivity index (χ0n) is 19.3. The second-order valence-corrected chi connectivity index (χ2v) is 9.11. The molecule has 1 atom stereocenters. The number of benzene rings is 2. The Labute approximate surface area is 209 Å². The van der Waals surface area contributed by atoms with Crippen molar-refractivity contribution < 1.29 is 9.47 Å². The fraction of sp³-hybridized carbons (Fsp3) is 0.320. The molecule has 0 spiro atoms. The Balaban J connectivity index is 1.28. The van der Waals surface area contributed by atoms with Crippen molar-refractivity contribution in [3.8, 4) is 23.1 Å². The van der Waals surface area contributed by atoms with E-state index < -0.39 is 0 Å². The number of ether oxygens (including phenoxy) is 2. The highest BCUT2D eigenvalue weighted by Gasteiger charge is 2.24. The number of anilines is 3. The van der Waals surface area contributed by atoms with Gasteiger partial charge in [-0.2, -0.15) is 5.26 Å². The van der Waals surface area contributed by atoms with Gasteiger partial charge in [0.25, 0.3) is 0 Å². The lowest BCUT2D eigenvalue weighted by atomic mass is 10.1. The summed E-state index contributed by atoms with van der Waals surface area (Å²) in [5, 5.41) is 18.6. The van der Waals surface area contributed by atoms with E-state index in [1.54, 1.807) is 6.20 Å². The minimum atomic E-state index is 0.0217. The van der Waals surface area contributed by atoms with Gasteiger partial charge in [-0.1, -0.05) is 0 Å². The first-order valence-corrected chi connectivity index (χ1v) is 12.4. The lowest BCUT2D eigenvalue weighted by molar-refractivity contribution is 0.122. The number of aromatic nitrogens is 2. The van der Waals surface area contributed by atoms with Crippen molar-refractivity contribution in [1.29, 1.82) is 5.26 Å². The maximum Gasteiger partial charge on any atom is 0.227 e. The molecule has 3 heterocycles. The second kappa shape index (κ2) is 10.9. The van der Waals surface area contributed by atoms with Gasteiger partial charge in [-0.25, -0.2) is 14.3 Å². The topological polar surface area (TPSA) is 113 Å². The van der Waals surface area contributed by atoms with Gasteiger partial charge in [-0.15, -0.1) is 0 Å². The predicted molar refractivity (Wildman–Crippen MR) is 137 cm³/mol. The number of rotatable bonds is 7. The average Bonchev–Trinajstić information content (AvgIpc) is 3.38. The SMILES string of the molecule is N#Cc1cc(-c2ccnc(Nc3ccc(N4CCOCC4)cc3)n2)ccc1OC1CCN(SN)C1. The lowest BCUT2D eigenvalue weighted by Crippen LogP contribution is -2.36. The molecule has 2 aromatic carbocycles. The number of nitrogens with zero attached hydrogens (tertiary/aromatic N) is 5. The van der Waals surface area contributed by atoms with Crippen LogP contribution < -0.4 is 20.1 Å². The zero-order valence-corrected chi connectivity index (χ0v) is 20.1. The van der Waals surface area contributed by atoms with Crippen LogP contribution in [0.15, 0.2) is 54.7 Å². The molecule has 0 aliphatic carbocycles. The van der Waals surface area contributed by atoms with Crippen molar-refractivity contribution in [2.45, 2.75) is 12.5 Å². The molecule has 3 aromatic rings. The summed E-state index contributed by atoms with van der Waals surface area (Å²) in [4.78, 5) is 11.3. The van der Waals surface area contributed by atoms with Gasteiger partial charge >= 0.3 is 0 Å². The van der Waals surface area contributed by atoms with E-state index in [1.165, 1.54) is 17.8 Å². The summed E-state index contributed by atoms with van der Waals surface area (Å²) in [5.41, 5.74) is 4.11. The molecule has 1 unspecified atom stereocenters. The third-order valence-electron chi connectivity index (χ3n) is 6.10. The van der Waals surface area contributed by atoms with Crippen LogP contribution in [0.2, 0.25) is 0 Å². The van der Waals surface area contributed by atoms with E-state index in [-0.39, 0.29) is 6.10 Å². The molecule has 5 rings (SSSR count). The molecule has 10 heteroatoms. The number of hydrogen-bond donors (Lipinski definition) is 2. The van der Waals surface area contributed by atoms with Crippen molar-refractivity contribution in [2.24, 2.45) is 5.14 Å². The van der Waals surface area contributed by atoms with E-state index in [2.05, 4.69) is 42.7 Å². The summed E-state index contributed by atoms with van der Waals surface area (Å²) in [5.74, 6) is 1.07. The number of morpholine rings is 1. The molecule has 0 amide bonds. The van der Waals surface area contributed by atoms with Crippen LogP contribution in [0.5, 0.6) is 5.75 Å². The quantitative estimate of drug-likeness (QED) is 0.478. The van der Waals surface area contributed by atoms with E-state index in [0.717, 1.165) is 62.8 Å². The van der Waals surface area contributed by atoms with Crippen LogP contribution in [-0.4, -0.2) is 59.8 Å². The molecule has 180 valence electrons. The van der Waals surface area contributed by atoms with Crippen LogP contribution in [0.3, 0.4) is 0 Å². The van der Waals surface area contributed by atoms with Crippen LogP contribution in [0.1, 0.15) is 12.0 Å². The molecular weight excluding hydrogens is 462 g/mol. The highest BCUT2D eigenvalue weighted by Crippen LogP contribution is 2.29. The fourth-order valence-electron chi connectivity index (χ4n) is 4.23. The summed E-state index contributed by atoms with van der Waals surface area (Å²) in [7, 11) is 0. The van der Waals surface area contributed by atoms with Gasteiger partial charge in [-0.3, -0.25) is 5.14 Å². The Morgan fingerprint density at radius 1 is 1.11 bits per heavy atom. The van der Waals surface area contributed by atoms with Crippen molar-refractivity contribution >= 4 is 29.5 Å². The van der Waals surface area contributed by atoms with Gasteiger partial charge in [0, 0.05) is 61.4 Å². The Kier molecular flexibility index (Phi) is 7.30. The number of nitriles is 1. The van der Waals surface area contributed by atoms with Gasteiger partial charge in [0.2, 0.25) is 5.95 Å². The third kappa shape index (κ3) is 5.66. The van der Waals surface area contributed by atoms with E-state index in [0.29, 0.717) is 17.3 Å². The largest absolute Gasteiger partial charge is 0.488 e. The van der Waals surface area contributed by atoms with Crippen molar-refractivity contribution in [3.05, 3.63) is 60.3 Å². The first-order chi connectivity index (χ1) is 17.2. The molecule has 9 nitrogen and oxygen atoms in total. The van der Waals surface area contributed by atoms with Crippen LogP contribution in [-0.2, 0) is 4.74 Å². The minimum absolute atomic E-state index is 0.0217. The zero-order chi connectivity index (χ0) is 24.0. The molecule has 2 aliphatic heterocycles. The molecule has 2 saturated heterocycles. The first-order valence-electron chi connectivity index (χ1n) is 11.6. The van der Waals surface area contributed by atoms with Crippen molar-refractivity contribution in [3.63, 3.8) is 0 Å². The highest BCUT2D eigenvalue weighted by molar-refractivity contribution is 7.94. The summed E-state index contributed by atoms with van der Waals surface area (Å²) < 4.78 is 13.6. The molecule has 1 aromatic heterocycles. The molecule has 35 heavy (non-hydrogen) atoms. The van der Waals surface area contributed by atoms with E-state index in [9.17, 15) is 5.26 Å². The summed E-state index contributed by atoms with van der Waals surface area (Å²) in [6.45, 7) is 4.93. The molecule has 2 fully saturated rings. The monoisotopic (exact) mass is 489 g/mol. The normalized spacial score (nSPS) is 18.3. The van der Waals surface area contributed by atoms with Gasteiger partial charge in [0.1, 0.15) is 17.9 Å². The average molecular weight is 490 g/mol. The van der Waals surface area contributed by atoms with E-state index in [1.807, 2.05) is 36.4 Å². The molecule has 3 N–H and O–H groups in total. The lowest BCUT2D eigenvalue weighted by Gasteiger charge is -2.28. The fourth-order valence-corrected chi connectivity index (χ4v) is 4.70. The van der Waals surface area contributed by atoms with E-state index >= 15 is 0 Å². The Bertz CT molecular complexity index is 1200. The smallest absolute Gasteiger partial charge is 0.227 e. The molecule has 0 saturated carbocycles. The van der Waals surface area contributed by atoms with Crippen molar-refractivity contribution in [1.82, 2.24) is 14.3 Å². The van der Waals surface area contributed by atoms with Crippen LogP contribution >= 0.6 is 12.1 Å². The number of hydrogen-bond acceptors (Lipinski definition) is 10. The molecule has 0 bridgehead atoms. The van der Waals surface area contributed by atoms with Crippen LogP contribution in [0.25, 0.3) is 11.3 Å². The Morgan fingerprint density at radius 3 is 2.69 bits per heavy atom. The standard InChI is InChI=1S/C25H27N7O2S/c26-16-19-15-18(1-6-24(19)34-22-8-10-32(17-22)35-27)23-7-9-28-25(30-23)29-20-2-4-21(5-3-20)31-11-13-33-14-12-31/h1-7,9,15,22H,8,10-14,17,27H2,(H,28,29,30). The molecule has 2 aliphatic rings.